The zero-order chi connectivity index (χ0) is 33.8. The van der Waals surface area contributed by atoms with Crippen molar-refractivity contribution in [2.75, 3.05) is 66.1 Å². The highest BCUT2D eigenvalue weighted by Gasteiger charge is 2.14. The summed E-state index contributed by atoms with van der Waals surface area (Å²) in [5, 5.41) is 24.8. The summed E-state index contributed by atoms with van der Waals surface area (Å²) in [6.07, 6.45) is 5.36. The number of hydrogen-bond donors (Lipinski definition) is 3. The van der Waals surface area contributed by atoms with Gasteiger partial charge in [0.25, 0.3) is 0 Å². The molecule has 0 fully saturated rings. The Morgan fingerprint density at radius 2 is 1.44 bits per heavy atom. The van der Waals surface area contributed by atoms with Crippen molar-refractivity contribution in [2.24, 2.45) is 0 Å². The molecule has 0 aromatic heterocycles. The van der Waals surface area contributed by atoms with Crippen molar-refractivity contribution < 1.29 is 43.0 Å². The van der Waals surface area contributed by atoms with Gasteiger partial charge in [0.1, 0.15) is 18.8 Å². The van der Waals surface area contributed by atoms with Crippen LogP contribution in [0.3, 0.4) is 0 Å². The number of aliphatic hydroxyl groups is 2. The monoisotopic (exact) mass is 629 g/mol. The van der Waals surface area contributed by atoms with E-state index in [4.69, 9.17) is 41.1 Å². The molecule has 3 atom stereocenters. The van der Waals surface area contributed by atoms with Crippen LogP contribution in [-0.4, -0.2) is 96.0 Å². The average Bonchev–Trinajstić information content (AvgIpc) is 3.05. The topological polar surface area (TPSA) is 149 Å². The molecule has 0 radical (unpaired) electrons. The molecule has 0 aromatic carbocycles. The van der Waals surface area contributed by atoms with E-state index in [1.807, 2.05) is 6.07 Å². The van der Waals surface area contributed by atoms with Gasteiger partial charge in [0.05, 0.1) is 58.7 Å². The first-order chi connectivity index (χ1) is 22.6. The number of terminal acetylenes is 1. The molecule has 12 heteroatoms. The van der Waals surface area contributed by atoms with Crippen LogP contribution >= 0.6 is 8.38 Å². The van der Waals surface area contributed by atoms with Crippen LogP contribution in [0.15, 0.2) is 0 Å². The Morgan fingerprint density at radius 3 is 2.02 bits per heavy atom. The summed E-state index contributed by atoms with van der Waals surface area (Å²) >= 11 is 0. The smallest absolute Gasteiger partial charge is 0.407 e. The zero-order valence-electron chi connectivity index (χ0n) is 25.4. The molecule has 0 rings (SSSR count). The van der Waals surface area contributed by atoms with Crippen LogP contribution in [0.1, 0.15) is 6.42 Å². The normalized spacial score (nSPS) is 10.4. The molecule has 0 spiro atoms. The molecule has 3 N–H and O–H groups in total. The van der Waals surface area contributed by atoms with Crippen LogP contribution < -0.4 is 5.32 Å². The third-order valence-electron chi connectivity index (χ3n) is 3.99. The lowest BCUT2D eigenvalue weighted by atomic mass is 10.4. The van der Waals surface area contributed by atoms with E-state index in [0.717, 1.165) is 0 Å². The van der Waals surface area contributed by atoms with Gasteiger partial charge < -0.3 is 43.5 Å². The molecule has 1 amide bonds. The number of carbonyl (C=O) groups excluding carboxylic acids is 1. The fourth-order valence-corrected chi connectivity index (χ4v) is 3.10. The number of alkyl carbamates (subject to hydrolysis) is 1. The minimum Gasteiger partial charge on any atom is -0.445 e. The van der Waals surface area contributed by atoms with Crippen molar-refractivity contribution in [1.82, 2.24) is 5.32 Å². The standard InChI is InChI=1S/C33H29N2O9P/c1-3-4-5-6-7-8-9-10-11-12-13-14-15-16-17-18-22-41-31(27-36)30-42-33(38)35-21-24-39-25-26-40-29-32(28-37)44-45(2)43-23-19-20-34/h1,31-32,36-37H,19,21,23-30H2,2H3,(H,35,38)/i37D. The molecule has 11 nitrogen and oxygen atoms in total. The Kier molecular flexibility index (Phi) is 26.7. The molecule has 0 aromatic rings. The van der Waals surface area contributed by atoms with Gasteiger partial charge >= 0.3 is 6.09 Å². The Balaban J connectivity index is 4.12. The first-order valence-corrected chi connectivity index (χ1v) is 14.5. The number of aliphatic hydroxyl groups excluding tert-OH is 2. The van der Waals surface area contributed by atoms with Crippen molar-refractivity contribution in [3.8, 4) is 113 Å². The fraction of sp³-hybridized carbons (Fsp3) is 0.394. The van der Waals surface area contributed by atoms with Crippen LogP contribution in [-0.2, 0) is 28.0 Å². The second-order valence-corrected chi connectivity index (χ2v) is 8.68. The van der Waals surface area contributed by atoms with E-state index < -0.39 is 33.3 Å². The third kappa shape index (κ3) is 28.7. The van der Waals surface area contributed by atoms with Gasteiger partial charge in [-0.05, 0) is 47.4 Å². The SMILES string of the molecule is [2H]OCC(COCCOCCNC(=O)OCC(CO)OC#CC#CC#CC#CC#CC#CC#CC#CC#C)OP(C)OCCC#N. The summed E-state index contributed by atoms with van der Waals surface area (Å²) in [6.45, 7) is 2.32. The number of nitrogens with zero attached hydrogens (tertiary/aromatic N) is 1. The van der Waals surface area contributed by atoms with Gasteiger partial charge in [0.2, 0.25) is 1.43 Å². The second-order valence-electron chi connectivity index (χ2n) is 7.33. The van der Waals surface area contributed by atoms with Crippen molar-refractivity contribution in [1.29, 1.82) is 6.69 Å². The first-order valence-electron chi connectivity index (χ1n) is 13.2. The third-order valence-corrected chi connectivity index (χ3v) is 5.13. The van der Waals surface area contributed by atoms with Crippen molar-refractivity contribution >= 4 is 14.5 Å². The number of carbonyl (C=O) groups is 1. The summed E-state index contributed by atoms with van der Waals surface area (Å²) in [7, 11) is -1.23. The highest BCUT2D eigenvalue weighted by molar-refractivity contribution is 7.46. The van der Waals surface area contributed by atoms with Crippen LogP contribution in [0.25, 0.3) is 0 Å². The van der Waals surface area contributed by atoms with Gasteiger partial charge in [-0.25, -0.2) is 4.79 Å². The summed E-state index contributed by atoms with van der Waals surface area (Å²) < 4.78 is 38.8. The van der Waals surface area contributed by atoms with E-state index >= 15 is 0 Å². The van der Waals surface area contributed by atoms with Crippen LogP contribution in [0.2, 0.25) is 0 Å². The lowest BCUT2D eigenvalue weighted by Gasteiger charge is -2.19. The molecule has 0 heterocycles. The molecule has 0 bridgehead atoms. The highest BCUT2D eigenvalue weighted by atomic mass is 31.2. The second kappa shape index (κ2) is 31.7. The number of nitrogens with one attached hydrogen (secondary N) is 1. The van der Waals surface area contributed by atoms with E-state index in [9.17, 15) is 9.90 Å². The Hall–Kier alpha value is -5.21. The highest BCUT2D eigenvalue weighted by Crippen LogP contribution is 2.35. The molecule has 0 aliphatic carbocycles. The summed E-state index contributed by atoms with van der Waals surface area (Å²) in [6, 6.07) is 1.98. The number of ether oxygens (including phenoxy) is 4. The van der Waals surface area contributed by atoms with E-state index in [1.54, 1.807) is 6.66 Å². The molecule has 0 saturated carbocycles. The van der Waals surface area contributed by atoms with E-state index in [2.05, 4.69) is 111 Å². The predicted molar refractivity (Wildman–Crippen MR) is 165 cm³/mol. The van der Waals surface area contributed by atoms with Crippen LogP contribution in [0.4, 0.5) is 4.79 Å². The Morgan fingerprint density at radius 1 is 0.844 bits per heavy atom. The number of nitriles is 1. The molecular weight excluding hydrogens is 599 g/mol. The lowest BCUT2D eigenvalue weighted by molar-refractivity contribution is -0.00535. The van der Waals surface area contributed by atoms with Gasteiger partial charge in [-0.2, -0.15) is 5.26 Å². The quantitative estimate of drug-likeness (QED) is 0.101. The van der Waals surface area contributed by atoms with E-state index in [0.29, 0.717) is 0 Å². The number of rotatable bonds is 19. The van der Waals surface area contributed by atoms with E-state index in [-0.39, 0.29) is 59.2 Å². The molecule has 230 valence electrons. The Bertz CT molecular complexity index is 1530. The molecule has 3 unspecified atom stereocenters. The molecular formula is C33H29N2O9P. The molecule has 0 aliphatic rings. The lowest BCUT2D eigenvalue weighted by Crippen LogP contribution is -2.32. The van der Waals surface area contributed by atoms with Gasteiger partial charge in [-0.3, -0.25) is 0 Å². The predicted octanol–water partition coefficient (Wildman–Crippen LogP) is -0.00932. The molecule has 0 saturated heterocycles. The van der Waals surface area contributed by atoms with Gasteiger partial charge in [0.15, 0.2) is 14.5 Å². The van der Waals surface area contributed by atoms with Crippen molar-refractivity contribution in [3.63, 3.8) is 0 Å². The van der Waals surface area contributed by atoms with E-state index in [1.165, 1.54) is 0 Å². The van der Waals surface area contributed by atoms with Gasteiger partial charge in [-0.1, -0.05) is 0 Å². The maximum atomic E-state index is 11.8. The van der Waals surface area contributed by atoms with Crippen LogP contribution in [0.5, 0.6) is 0 Å². The Labute approximate surface area is 267 Å². The van der Waals surface area contributed by atoms with Crippen LogP contribution in [0, 0.1) is 119 Å². The first kappa shape index (κ1) is 37.8. The van der Waals surface area contributed by atoms with Gasteiger partial charge in [-0.15, -0.1) is 6.42 Å². The molecule has 45 heavy (non-hydrogen) atoms. The fourth-order valence-electron chi connectivity index (χ4n) is 2.15. The summed E-state index contributed by atoms with van der Waals surface area (Å²) in [4.78, 5) is 11.8. The summed E-state index contributed by atoms with van der Waals surface area (Å²) in [5.41, 5.74) is 0. The minimum absolute atomic E-state index is 0.00492. The number of hydrogen-bond acceptors (Lipinski definition) is 10. The van der Waals surface area contributed by atoms with Crippen molar-refractivity contribution in [3.05, 3.63) is 0 Å². The largest absolute Gasteiger partial charge is 0.445 e. The maximum absolute atomic E-state index is 11.8. The summed E-state index contributed by atoms with van der Waals surface area (Å²) in [5.74, 6) is 38.6. The van der Waals surface area contributed by atoms with Crippen molar-refractivity contribution in [2.45, 2.75) is 18.6 Å². The zero-order valence-corrected chi connectivity index (χ0v) is 25.3. The average molecular weight is 630 g/mol. The van der Waals surface area contributed by atoms with Gasteiger partial charge in [0, 0.05) is 60.6 Å². The number of amides is 1. The minimum atomic E-state index is -1.23. The molecule has 0 aliphatic heterocycles. The maximum Gasteiger partial charge on any atom is 0.407 e.